The molecule has 1 aromatic rings. The average molecular weight is 277 g/mol. The topological polar surface area (TPSA) is 63.4 Å². The van der Waals surface area contributed by atoms with E-state index in [1.807, 2.05) is 13.8 Å². The van der Waals surface area contributed by atoms with E-state index in [9.17, 15) is 8.42 Å². The van der Waals surface area contributed by atoms with E-state index in [0.29, 0.717) is 5.02 Å². The highest BCUT2D eigenvalue weighted by molar-refractivity contribution is 7.89. The predicted molar refractivity (Wildman–Crippen MR) is 70.6 cm³/mol. The van der Waals surface area contributed by atoms with Crippen LogP contribution in [0.5, 0.6) is 0 Å². The van der Waals surface area contributed by atoms with E-state index in [1.54, 1.807) is 7.05 Å². The van der Waals surface area contributed by atoms with Crippen molar-refractivity contribution in [3.05, 3.63) is 23.2 Å². The smallest absolute Gasteiger partial charge is 0.243 e. The molecule has 0 amide bonds. The Morgan fingerprint density at radius 1 is 1.47 bits per heavy atom. The van der Waals surface area contributed by atoms with Crippen LogP contribution in [0, 0.1) is 0 Å². The molecule has 0 fully saturated rings. The lowest BCUT2D eigenvalue weighted by Crippen LogP contribution is -2.34. The molecule has 0 bridgehead atoms. The maximum atomic E-state index is 12.2. The summed E-state index contributed by atoms with van der Waals surface area (Å²) in [5, 5.41) is 0.357. The second kappa shape index (κ2) is 5.25. The van der Waals surface area contributed by atoms with Gasteiger partial charge in [-0.25, -0.2) is 8.42 Å². The fourth-order valence-corrected chi connectivity index (χ4v) is 2.93. The van der Waals surface area contributed by atoms with E-state index in [1.165, 1.54) is 22.5 Å². The Labute approximate surface area is 107 Å². The van der Waals surface area contributed by atoms with Crippen LogP contribution in [-0.4, -0.2) is 25.8 Å². The molecule has 0 aliphatic rings. The van der Waals surface area contributed by atoms with Crippen LogP contribution in [0.15, 0.2) is 23.1 Å². The van der Waals surface area contributed by atoms with Gasteiger partial charge in [0.05, 0.1) is 15.6 Å². The summed E-state index contributed by atoms with van der Waals surface area (Å²) in [6.45, 7) is 3.80. The molecular formula is C11H17ClN2O2S. The Balaban J connectivity index is 3.17. The zero-order chi connectivity index (χ0) is 13.2. The zero-order valence-electron chi connectivity index (χ0n) is 10.1. The van der Waals surface area contributed by atoms with Gasteiger partial charge in [-0.15, -0.1) is 0 Å². The van der Waals surface area contributed by atoms with E-state index in [2.05, 4.69) is 0 Å². The van der Waals surface area contributed by atoms with E-state index < -0.39 is 10.0 Å². The first kappa shape index (κ1) is 14.3. The van der Waals surface area contributed by atoms with E-state index >= 15 is 0 Å². The summed E-state index contributed by atoms with van der Waals surface area (Å²) in [4.78, 5) is 0.169. The second-order valence-corrected chi connectivity index (χ2v) is 6.37. The quantitative estimate of drug-likeness (QED) is 0.859. The van der Waals surface area contributed by atoms with Crippen molar-refractivity contribution < 1.29 is 8.42 Å². The van der Waals surface area contributed by atoms with Gasteiger partial charge >= 0.3 is 0 Å². The number of hydrogen-bond acceptors (Lipinski definition) is 3. The molecular weight excluding hydrogens is 260 g/mol. The van der Waals surface area contributed by atoms with Crippen molar-refractivity contribution in [2.24, 2.45) is 0 Å². The van der Waals surface area contributed by atoms with Crippen LogP contribution in [0.3, 0.4) is 0 Å². The van der Waals surface area contributed by atoms with Crippen LogP contribution < -0.4 is 5.73 Å². The minimum Gasteiger partial charge on any atom is -0.397 e. The van der Waals surface area contributed by atoms with Gasteiger partial charge in [-0.1, -0.05) is 18.5 Å². The van der Waals surface area contributed by atoms with Crippen molar-refractivity contribution in [2.45, 2.75) is 31.2 Å². The fourth-order valence-electron chi connectivity index (χ4n) is 1.34. The minimum absolute atomic E-state index is 0.0584. The van der Waals surface area contributed by atoms with Crippen LogP contribution in [0.25, 0.3) is 0 Å². The van der Waals surface area contributed by atoms with Crippen LogP contribution >= 0.6 is 11.6 Å². The average Bonchev–Trinajstić information content (AvgIpc) is 2.30. The zero-order valence-corrected chi connectivity index (χ0v) is 11.7. The number of anilines is 1. The molecule has 1 aromatic carbocycles. The van der Waals surface area contributed by atoms with Crippen LogP contribution in [0.1, 0.15) is 20.3 Å². The van der Waals surface area contributed by atoms with Gasteiger partial charge in [0.1, 0.15) is 0 Å². The van der Waals surface area contributed by atoms with Crippen LogP contribution in [0.4, 0.5) is 5.69 Å². The normalized spacial score (nSPS) is 13.9. The Kier molecular flexibility index (Phi) is 4.41. The highest BCUT2D eigenvalue weighted by atomic mass is 35.5. The number of hydrogen-bond donors (Lipinski definition) is 1. The van der Waals surface area contributed by atoms with Crippen molar-refractivity contribution in [2.75, 3.05) is 12.8 Å². The number of nitrogens with zero attached hydrogens (tertiary/aromatic N) is 1. The molecule has 6 heteroatoms. The summed E-state index contributed by atoms with van der Waals surface area (Å²) in [5.41, 5.74) is 5.88. The number of halogens is 1. The lowest BCUT2D eigenvalue weighted by molar-refractivity contribution is 0.380. The van der Waals surface area contributed by atoms with Crippen molar-refractivity contribution in [3.63, 3.8) is 0 Å². The number of benzene rings is 1. The number of nitrogen functional groups attached to an aromatic ring is 1. The molecule has 0 heterocycles. The predicted octanol–water partition coefficient (Wildman–Crippen LogP) is 2.34. The molecule has 1 atom stereocenters. The molecule has 1 unspecified atom stereocenters. The molecule has 0 saturated heterocycles. The van der Waals surface area contributed by atoms with E-state index in [-0.39, 0.29) is 16.6 Å². The molecule has 0 aliphatic heterocycles. The third-order valence-electron chi connectivity index (χ3n) is 2.86. The standard InChI is InChI=1S/C11H17ClN2O2S/c1-4-8(2)14(3)17(15,16)9-5-6-10(12)11(13)7-9/h5-8H,4,13H2,1-3H3. The highest BCUT2D eigenvalue weighted by Gasteiger charge is 2.24. The van der Waals surface area contributed by atoms with Gasteiger partial charge in [-0.05, 0) is 31.5 Å². The number of rotatable bonds is 4. The van der Waals surface area contributed by atoms with Gasteiger partial charge in [0.2, 0.25) is 10.0 Å². The molecule has 17 heavy (non-hydrogen) atoms. The summed E-state index contributed by atoms with van der Waals surface area (Å²) >= 11 is 5.77. The molecule has 2 N–H and O–H groups in total. The second-order valence-electron chi connectivity index (χ2n) is 3.96. The molecule has 0 spiro atoms. The van der Waals surface area contributed by atoms with Crippen molar-refractivity contribution in [1.29, 1.82) is 0 Å². The van der Waals surface area contributed by atoms with Crippen LogP contribution in [0.2, 0.25) is 5.02 Å². The summed E-state index contributed by atoms with van der Waals surface area (Å²) in [5.74, 6) is 0. The van der Waals surface area contributed by atoms with Gasteiger partial charge in [-0.3, -0.25) is 0 Å². The lowest BCUT2D eigenvalue weighted by Gasteiger charge is -2.23. The first-order valence-corrected chi connectivity index (χ1v) is 7.15. The van der Waals surface area contributed by atoms with Gasteiger partial charge in [0.25, 0.3) is 0 Å². The Hall–Kier alpha value is -0.780. The third-order valence-corrected chi connectivity index (χ3v) is 5.17. The summed E-state index contributed by atoms with van der Waals surface area (Å²) < 4.78 is 25.8. The first-order valence-electron chi connectivity index (χ1n) is 5.33. The summed E-state index contributed by atoms with van der Waals surface area (Å²) in [6, 6.07) is 4.29. The first-order chi connectivity index (χ1) is 7.80. The highest BCUT2D eigenvalue weighted by Crippen LogP contribution is 2.25. The summed E-state index contributed by atoms with van der Waals surface area (Å²) in [7, 11) is -1.93. The maximum absolute atomic E-state index is 12.2. The molecule has 1 rings (SSSR count). The van der Waals surface area contributed by atoms with Crippen molar-refractivity contribution in [3.8, 4) is 0 Å². The molecule has 0 radical (unpaired) electrons. The van der Waals surface area contributed by atoms with E-state index in [4.69, 9.17) is 17.3 Å². The van der Waals surface area contributed by atoms with Gasteiger partial charge < -0.3 is 5.73 Å². The molecule has 96 valence electrons. The SMILES string of the molecule is CCC(C)N(C)S(=O)(=O)c1ccc(Cl)c(N)c1. The number of sulfonamides is 1. The Morgan fingerprint density at radius 2 is 2.06 bits per heavy atom. The molecule has 0 aromatic heterocycles. The minimum atomic E-state index is -3.49. The Bertz CT molecular complexity index is 502. The molecule has 0 aliphatic carbocycles. The maximum Gasteiger partial charge on any atom is 0.243 e. The lowest BCUT2D eigenvalue weighted by atomic mass is 10.3. The monoisotopic (exact) mass is 276 g/mol. The van der Waals surface area contributed by atoms with E-state index in [0.717, 1.165) is 6.42 Å². The van der Waals surface area contributed by atoms with Gasteiger partial charge in [0, 0.05) is 13.1 Å². The number of nitrogens with two attached hydrogens (primary N) is 1. The van der Waals surface area contributed by atoms with Crippen molar-refractivity contribution >= 4 is 27.3 Å². The summed E-state index contributed by atoms with van der Waals surface area (Å²) in [6.07, 6.45) is 0.749. The Morgan fingerprint density at radius 3 is 2.53 bits per heavy atom. The largest absolute Gasteiger partial charge is 0.397 e. The van der Waals surface area contributed by atoms with Crippen molar-refractivity contribution in [1.82, 2.24) is 4.31 Å². The third kappa shape index (κ3) is 2.91. The molecule has 4 nitrogen and oxygen atoms in total. The van der Waals surface area contributed by atoms with Gasteiger partial charge in [-0.2, -0.15) is 4.31 Å². The van der Waals surface area contributed by atoms with Gasteiger partial charge in [0.15, 0.2) is 0 Å². The van der Waals surface area contributed by atoms with Crippen LogP contribution in [-0.2, 0) is 10.0 Å². The fraction of sp³-hybridized carbons (Fsp3) is 0.455. The molecule has 0 saturated carbocycles.